The van der Waals surface area contributed by atoms with Crippen LogP contribution in [0.25, 0.3) is 0 Å². The van der Waals surface area contributed by atoms with Crippen molar-refractivity contribution >= 4 is 0 Å². The van der Waals surface area contributed by atoms with Crippen LogP contribution in [0.15, 0.2) is 18.5 Å². The van der Waals surface area contributed by atoms with Crippen molar-refractivity contribution in [1.82, 2.24) is 10.3 Å². The van der Waals surface area contributed by atoms with Crippen LogP contribution in [0.3, 0.4) is 0 Å². The van der Waals surface area contributed by atoms with E-state index in [4.69, 9.17) is 4.74 Å². The fourth-order valence-electron chi connectivity index (χ4n) is 2.50. The van der Waals surface area contributed by atoms with Crippen molar-refractivity contribution in [3.8, 4) is 0 Å². The molecule has 0 aliphatic rings. The number of aromatic nitrogens is 1. The number of ether oxygens (including phenoxy) is 1. The molecule has 21 heavy (non-hydrogen) atoms. The summed E-state index contributed by atoms with van der Waals surface area (Å²) >= 11 is 0. The number of nitrogens with zero attached hydrogens (tertiary/aromatic N) is 1. The van der Waals surface area contributed by atoms with Crippen LogP contribution in [0.4, 0.5) is 13.2 Å². The summed E-state index contributed by atoms with van der Waals surface area (Å²) in [6, 6.07) is 0.431. The zero-order valence-corrected chi connectivity index (χ0v) is 13.1. The molecule has 0 radical (unpaired) electrons. The summed E-state index contributed by atoms with van der Waals surface area (Å²) in [7, 11) is 1.52. The molecule has 6 heteroatoms. The van der Waals surface area contributed by atoms with Gasteiger partial charge in [-0.15, -0.1) is 0 Å². The first-order chi connectivity index (χ1) is 9.62. The molecule has 2 atom stereocenters. The molecule has 0 fully saturated rings. The van der Waals surface area contributed by atoms with Gasteiger partial charge in [-0.1, -0.05) is 27.7 Å². The van der Waals surface area contributed by atoms with Gasteiger partial charge in [0.05, 0.1) is 17.7 Å². The van der Waals surface area contributed by atoms with Crippen molar-refractivity contribution in [1.29, 1.82) is 0 Å². The lowest BCUT2D eigenvalue weighted by molar-refractivity contribution is -0.139. The van der Waals surface area contributed by atoms with E-state index in [0.717, 1.165) is 12.3 Å². The molecule has 1 aromatic heterocycles. The maximum Gasteiger partial charge on any atom is 0.416 e. The van der Waals surface area contributed by atoms with Gasteiger partial charge in [-0.05, 0) is 18.0 Å². The Bertz CT molecular complexity index is 455. The molecule has 1 rings (SSSR count). The average molecular weight is 304 g/mol. The number of pyridine rings is 1. The number of likely N-dealkylation sites (N-methyl/N-ethyl adjacent to an activating group) is 1. The van der Waals surface area contributed by atoms with E-state index in [9.17, 15) is 13.2 Å². The van der Waals surface area contributed by atoms with Crippen LogP contribution in [-0.4, -0.2) is 24.7 Å². The number of methoxy groups -OCH3 is 1. The first kappa shape index (κ1) is 17.9. The molecule has 1 N–H and O–H groups in total. The lowest BCUT2D eigenvalue weighted by Crippen LogP contribution is -2.42. The smallest absolute Gasteiger partial charge is 0.379 e. The second-order valence-corrected chi connectivity index (χ2v) is 6.02. The predicted molar refractivity (Wildman–Crippen MR) is 75.9 cm³/mol. The van der Waals surface area contributed by atoms with Crippen LogP contribution < -0.4 is 5.32 Å². The third-order valence-corrected chi connectivity index (χ3v) is 3.33. The van der Waals surface area contributed by atoms with Crippen molar-refractivity contribution < 1.29 is 17.9 Å². The molecule has 2 unspecified atom stereocenters. The summed E-state index contributed by atoms with van der Waals surface area (Å²) in [5.41, 5.74) is -0.872. The highest BCUT2D eigenvalue weighted by Crippen LogP contribution is 2.38. The summed E-state index contributed by atoms with van der Waals surface area (Å²) in [4.78, 5) is 3.87. The number of halogens is 3. The van der Waals surface area contributed by atoms with Gasteiger partial charge in [-0.2, -0.15) is 13.2 Å². The second-order valence-electron chi connectivity index (χ2n) is 6.02. The summed E-state index contributed by atoms with van der Waals surface area (Å²) in [6.07, 6.45) is -2.40. The van der Waals surface area contributed by atoms with Crippen molar-refractivity contribution in [2.24, 2.45) is 5.41 Å². The fraction of sp³-hybridized carbons (Fsp3) is 0.667. The van der Waals surface area contributed by atoms with Crippen LogP contribution in [-0.2, 0) is 10.9 Å². The normalized spacial score (nSPS) is 15.8. The monoisotopic (exact) mass is 304 g/mol. The van der Waals surface area contributed by atoms with Gasteiger partial charge in [0.2, 0.25) is 0 Å². The van der Waals surface area contributed by atoms with E-state index in [1.807, 2.05) is 27.7 Å². The van der Waals surface area contributed by atoms with Crippen LogP contribution in [0.5, 0.6) is 0 Å². The maximum absolute atomic E-state index is 13.2. The third-order valence-electron chi connectivity index (χ3n) is 3.33. The van der Waals surface area contributed by atoms with E-state index in [-0.39, 0.29) is 11.0 Å². The summed E-state index contributed by atoms with van der Waals surface area (Å²) in [5.74, 6) is 0. The minimum atomic E-state index is -4.41. The summed E-state index contributed by atoms with van der Waals surface area (Å²) in [5, 5.41) is 3.10. The van der Waals surface area contributed by atoms with Gasteiger partial charge in [-0.25, -0.2) is 0 Å². The highest BCUT2D eigenvalue weighted by molar-refractivity contribution is 5.30. The quantitative estimate of drug-likeness (QED) is 0.898. The fourth-order valence-corrected chi connectivity index (χ4v) is 2.50. The van der Waals surface area contributed by atoms with E-state index in [1.165, 1.54) is 13.3 Å². The Kier molecular flexibility index (Phi) is 5.75. The van der Waals surface area contributed by atoms with Gasteiger partial charge < -0.3 is 10.1 Å². The minimum absolute atomic E-state index is 0.119. The lowest BCUT2D eigenvalue weighted by Gasteiger charge is -2.37. The molecule has 0 aromatic carbocycles. The first-order valence-corrected chi connectivity index (χ1v) is 6.90. The van der Waals surface area contributed by atoms with E-state index in [1.54, 1.807) is 0 Å². The van der Waals surface area contributed by atoms with Gasteiger partial charge in [0.1, 0.15) is 0 Å². The van der Waals surface area contributed by atoms with Gasteiger partial charge in [0, 0.05) is 25.1 Å². The molecular weight excluding hydrogens is 281 g/mol. The zero-order valence-electron chi connectivity index (χ0n) is 13.1. The molecule has 3 nitrogen and oxygen atoms in total. The van der Waals surface area contributed by atoms with E-state index in [2.05, 4.69) is 10.3 Å². The molecule has 1 aromatic rings. The van der Waals surface area contributed by atoms with E-state index in [0.29, 0.717) is 6.54 Å². The molecular formula is C15H23F3N2O. The lowest BCUT2D eigenvalue weighted by atomic mass is 9.81. The molecule has 0 saturated carbocycles. The summed E-state index contributed by atoms with van der Waals surface area (Å²) < 4.78 is 45.1. The molecule has 0 aliphatic heterocycles. The Morgan fingerprint density at radius 1 is 1.29 bits per heavy atom. The zero-order chi connectivity index (χ0) is 16.3. The largest absolute Gasteiger partial charge is 0.416 e. The minimum Gasteiger partial charge on any atom is -0.379 e. The molecule has 0 bridgehead atoms. The highest BCUT2D eigenvalue weighted by atomic mass is 19.4. The molecule has 0 amide bonds. The first-order valence-electron chi connectivity index (χ1n) is 6.90. The third kappa shape index (κ3) is 4.41. The van der Waals surface area contributed by atoms with Gasteiger partial charge in [-0.3, -0.25) is 4.98 Å². The number of rotatable bonds is 5. The Hall–Kier alpha value is -1.14. The SMILES string of the molecule is CCNC(c1cnccc1C(F)(F)F)C(OC)C(C)(C)C. The van der Waals surface area contributed by atoms with E-state index >= 15 is 0 Å². The number of alkyl halides is 3. The summed E-state index contributed by atoms with van der Waals surface area (Å²) in [6.45, 7) is 8.21. The Labute approximate surface area is 123 Å². The van der Waals surface area contributed by atoms with Crippen molar-refractivity contribution in [2.75, 3.05) is 13.7 Å². The second kappa shape index (κ2) is 6.75. The Morgan fingerprint density at radius 2 is 1.90 bits per heavy atom. The van der Waals surface area contributed by atoms with Crippen LogP contribution in [0.1, 0.15) is 44.9 Å². The number of hydrogen-bond acceptors (Lipinski definition) is 3. The molecule has 0 aliphatic carbocycles. The number of nitrogens with one attached hydrogen (secondary N) is 1. The topological polar surface area (TPSA) is 34.2 Å². The number of hydrogen-bond donors (Lipinski definition) is 1. The Morgan fingerprint density at radius 3 is 2.33 bits per heavy atom. The molecule has 0 saturated heterocycles. The molecule has 0 spiro atoms. The van der Waals surface area contributed by atoms with Crippen LogP contribution in [0, 0.1) is 5.41 Å². The highest BCUT2D eigenvalue weighted by Gasteiger charge is 2.40. The van der Waals surface area contributed by atoms with Crippen LogP contribution in [0.2, 0.25) is 0 Å². The average Bonchev–Trinajstić information content (AvgIpc) is 2.36. The maximum atomic E-state index is 13.2. The van der Waals surface area contributed by atoms with Crippen LogP contribution >= 0.6 is 0 Å². The van der Waals surface area contributed by atoms with Crippen molar-refractivity contribution in [3.63, 3.8) is 0 Å². The van der Waals surface area contributed by atoms with Crippen molar-refractivity contribution in [3.05, 3.63) is 29.6 Å². The van der Waals surface area contributed by atoms with Gasteiger partial charge in [0.15, 0.2) is 0 Å². The Balaban J connectivity index is 3.36. The molecule has 1 heterocycles. The van der Waals surface area contributed by atoms with Gasteiger partial charge in [0.25, 0.3) is 0 Å². The standard InChI is InChI=1S/C15H23F3N2O/c1-6-20-12(13(21-5)14(2,3)4)10-9-19-8-7-11(10)15(16,17)18/h7-9,12-13,20H,6H2,1-5H3. The molecule has 120 valence electrons. The van der Waals surface area contributed by atoms with Crippen molar-refractivity contribution in [2.45, 2.75) is 46.0 Å². The predicted octanol–water partition coefficient (Wildman–Crippen LogP) is 3.81. The van der Waals surface area contributed by atoms with E-state index < -0.39 is 23.9 Å². The van der Waals surface area contributed by atoms with Gasteiger partial charge >= 0.3 is 6.18 Å².